The van der Waals surface area contributed by atoms with Crippen molar-refractivity contribution < 1.29 is 18.9 Å². The number of aromatic nitrogens is 8. The summed E-state index contributed by atoms with van der Waals surface area (Å²) in [5.74, 6) is 1.68. The van der Waals surface area contributed by atoms with Gasteiger partial charge in [-0.1, -0.05) is 48.5 Å². The largest absolute Gasteiger partial charge is 0.611 e. The summed E-state index contributed by atoms with van der Waals surface area (Å²) in [6.45, 7) is 0. The molecule has 0 amide bonds. The lowest BCUT2D eigenvalue weighted by Crippen LogP contribution is -2.50. The second-order valence-corrected chi connectivity index (χ2v) is 17.5. The van der Waals surface area contributed by atoms with Crippen molar-refractivity contribution in [2.24, 2.45) is 0 Å². The van der Waals surface area contributed by atoms with Crippen LogP contribution in [-0.2, 0) is 0 Å². The van der Waals surface area contributed by atoms with Crippen LogP contribution in [0.15, 0.2) is 158 Å². The van der Waals surface area contributed by atoms with Gasteiger partial charge in [-0.3, -0.25) is 0 Å². The second-order valence-electron chi connectivity index (χ2n) is 17.5. The standard InChI is InChI=1S/C59H38N8O4/c1-3-9-53(47(7-1)57-49-25-21-43(64-49)31-39-17-13-35(60-39)29-36-14-18-40(61-36)32-44-22-26-50(57)65-44)68-59(70-55-11-5-6-12-56(55)71-59)69-54-10-4-2-8-48(54)58-51-27-23-45(66-51)33-41-19-15-37(62-41)30-38-16-20-42(63-38)34-46-24-28-52(58)67-46/h1-34,60-63H. The molecule has 3 aromatic carbocycles. The normalized spacial score (nSPS) is 13.7. The van der Waals surface area contributed by atoms with E-state index in [1.54, 1.807) is 0 Å². The highest BCUT2D eigenvalue weighted by Crippen LogP contribution is 2.46. The fourth-order valence-corrected chi connectivity index (χ4v) is 9.38. The number of hydrogen-bond acceptors (Lipinski definition) is 8. The SMILES string of the molecule is C1=Cc2nc1cc1ccc(cc3ccc(cc4nc(c2-c2ccccc2OC2(Oc5ccccc5-c5c6nc(cc7ccc(cc8ccc(cc9nc5C=C9)[nH]8)[nH]7)C=C6)Oc5ccccc5O2)C=C4)[nH]3)[nH]1. The van der Waals surface area contributed by atoms with E-state index in [0.29, 0.717) is 56.9 Å². The zero-order valence-corrected chi connectivity index (χ0v) is 37.6. The Morgan fingerprint density at radius 2 is 0.620 bits per heavy atom. The molecule has 12 heteroatoms. The van der Waals surface area contributed by atoms with Gasteiger partial charge < -0.3 is 38.9 Å². The summed E-state index contributed by atoms with van der Waals surface area (Å²) in [6, 6.07) is 51.4. The van der Waals surface area contributed by atoms with Crippen LogP contribution < -0.4 is 18.9 Å². The van der Waals surface area contributed by atoms with Gasteiger partial charge >= 0.3 is 6.16 Å². The summed E-state index contributed by atoms with van der Waals surface area (Å²) in [7, 11) is 0. The summed E-state index contributed by atoms with van der Waals surface area (Å²) in [5, 5.41) is 0. The van der Waals surface area contributed by atoms with Crippen LogP contribution in [0.3, 0.4) is 0 Å². The number of nitrogens with zero attached hydrogens (tertiary/aromatic N) is 4. The Labute approximate surface area is 404 Å². The van der Waals surface area contributed by atoms with E-state index < -0.39 is 6.16 Å². The minimum atomic E-state index is -2.16. The van der Waals surface area contributed by atoms with E-state index in [9.17, 15) is 0 Å². The molecular weight excluding hydrogens is 885 g/mol. The first-order valence-corrected chi connectivity index (χ1v) is 23.2. The summed E-state index contributed by atoms with van der Waals surface area (Å²) in [4.78, 5) is 34.6. The third kappa shape index (κ3) is 7.61. The topological polar surface area (TPSA) is 152 Å². The van der Waals surface area contributed by atoms with Gasteiger partial charge in [0.25, 0.3) is 0 Å². The lowest BCUT2D eigenvalue weighted by Gasteiger charge is -2.28. The lowest BCUT2D eigenvalue weighted by atomic mass is 10.0. The van der Waals surface area contributed by atoms with Gasteiger partial charge in [-0.05, 0) is 158 Å². The van der Waals surface area contributed by atoms with E-state index in [-0.39, 0.29) is 0 Å². The number of rotatable bonds is 6. The van der Waals surface area contributed by atoms with Crippen LogP contribution >= 0.6 is 0 Å². The molecule has 0 unspecified atom stereocenters. The molecule has 0 atom stereocenters. The Morgan fingerprint density at radius 1 is 0.324 bits per heavy atom. The number of fused-ring (bicyclic) bond motifs is 17. The molecule has 5 aliphatic heterocycles. The van der Waals surface area contributed by atoms with Crippen molar-refractivity contribution in [2.75, 3.05) is 0 Å². The van der Waals surface area contributed by atoms with E-state index in [4.69, 9.17) is 38.9 Å². The van der Waals surface area contributed by atoms with Gasteiger partial charge in [0, 0.05) is 66.4 Å². The van der Waals surface area contributed by atoms with Gasteiger partial charge in [0.2, 0.25) is 0 Å². The molecule has 9 aromatic rings. The van der Waals surface area contributed by atoms with Crippen molar-refractivity contribution in [1.82, 2.24) is 39.9 Å². The Morgan fingerprint density at radius 3 is 0.958 bits per heavy atom. The first kappa shape index (κ1) is 40.2. The van der Waals surface area contributed by atoms with Crippen molar-refractivity contribution in [2.45, 2.75) is 6.16 Å². The highest BCUT2D eigenvalue weighted by atomic mass is 17.0. The molecule has 11 heterocycles. The third-order valence-corrected chi connectivity index (χ3v) is 12.5. The smallest absolute Gasteiger partial charge is 0.385 e. The number of hydrogen-bond donors (Lipinski definition) is 4. The Hall–Kier alpha value is -9.94. The van der Waals surface area contributed by atoms with Crippen LogP contribution in [0.1, 0.15) is 45.6 Å². The van der Waals surface area contributed by atoms with Crippen molar-refractivity contribution in [3.63, 3.8) is 0 Å². The van der Waals surface area contributed by atoms with Crippen molar-refractivity contribution in [3.8, 4) is 45.3 Å². The highest BCUT2D eigenvalue weighted by molar-refractivity contribution is 5.92. The highest BCUT2D eigenvalue weighted by Gasteiger charge is 2.50. The fourth-order valence-electron chi connectivity index (χ4n) is 9.38. The average Bonchev–Trinajstić information content (AvgIpc) is 4.21. The quantitative estimate of drug-likeness (QED) is 0.120. The van der Waals surface area contributed by atoms with E-state index in [2.05, 4.69) is 32.1 Å². The molecule has 0 radical (unpaired) electrons. The van der Waals surface area contributed by atoms with Gasteiger partial charge in [0.1, 0.15) is 11.5 Å². The summed E-state index contributed by atoms with van der Waals surface area (Å²) in [6.07, 6.45) is 13.8. The van der Waals surface area contributed by atoms with Gasteiger partial charge in [0.05, 0.1) is 45.6 Å². The van der Waals surface area contributed by atoms with E-state index in [1.807, 2.05) is 194 Å². The van der Waals surface area contributed by atoms with E-state index >= 15 is 0 Å². The number of ether oxygens (including phenoxy) is 4. The molecule has 0 saturated heterocycles. The zero-order valence-electron chi connectivity index (χ0n) is 37.6. The minimum absolute atomic E-state index is 0.397. The Kier molecular flexibility index (Phi) is 9.11. The Bertz CT molecular complexity index is 3720. The average molecular weight is 923 g/mol. The fraction of sp³-hybridized carbons (Fsp3) is 0.0169. The van der Waals surface area contributed by atoms with Crippen LogP contribution in [0.4, 0.5) is 0 Å². The predicted molar refractivity (Wildman–Crippen MR) is 280 cm³/mol. The molecule has 5 aliphatic rings. The first-order valence-electron chi connectivity index (χ1n) is 23.2. The van der Waals surface area contributed by atoms with Crippen LogP contribution in [0.25, 0.3) is 115 Å². The van der Waals surface area contributed by atoms with Crippen LogP contribution in [-0.4, -0.2) is 46.0 Å². The van der Waals surface area contributed by atoms with Crippen molar-refractivity contribution >= 4 is 92.7 Å². The number of aromatic amines is 4. The molecule has 16 bridgehead atoms. The number of H-pyrrole nitrogens is 4. The molecule has 0 spiro atoms. The lowest BCUT2D eigenvalue weighted by molar-refractivity contribution is -0.349. The first-order chi connectivity index (χ1) is 35.0. The number of para-hydroxylation sites is 4. The summed E-state index contributed by atoms with van der Waals surface area (Å²) in [5.41, 5.74) is 16.3. The molecule has 14 rings (SSSR count). The molecule has 4 N–H and O–H groups in total. The van der Waals surface area contributed by atoms with Gasteiger partial charge in [-0.25, -0.2) is 19.9 Å². The zero-order chi connectivity index (χ0) is 46.9. The molecule has 338 valence electrons. The molecule has 6 aromatic heterocycles. The van der Waals surface area contributed by atoms with Gasteiger partial charge in [-0.2, -0.15) is 0 Å². The van der Waals surface area contributed by atoms with E-state index in [1.165, 1.54) is 0 Å². The van der Waals surface area contributed by atoms with Crippen LogP contribution in [0, 0.1) is 0 Å². The van der Waals surface area contributed by atoms with Crippen LogP contribution in [0.2, 0.25) is 0 Å². The molecule has 0 aliphatic carbocycles. The maximum Gasteiger partial charge on any atom is 0.611 e. The maximum atomic E-state index is 7.06. The summed E-state index contributed by atoms with van der Waals surface area (Å²) < 4.78 is 27.5. The van der Waals surface area contributed by atoms with Crippen LogP contribution in [0.5, 0.6) is 23.0 Å². The maximum absolute atomic E-state index is 7.06. The van der Waals surface area contributed by atoms with E-state index in [0.717, 1.165) is 78.0 Å². The Balaban J connectivity index is 0.931. The van der Waals surface area contributed by atoms with Gasteiger partial charge in [0.15, 0.2) is 11.5 Å². The monoisotopic (exact) mass is 922 g/mol. The molecule has 0 saturated carbocycles. The second kappa shape index (κ2) is 16.1. The number of nitrogens with one attached hydrogen (secondary N) is 4. The van der Waals surface area contributed by atoms with Crippen molar-refractivity contribution in [1.29, 1.82) is 0 Å². The summed E-state index contributed by atoms with van der Waals surface area (Å²) >= 11 is 0. The van der Waals surface area contributed by atoms with Gasteiger partial charge in [-0.15, -0.1) is 0 Å². The van der Waals surface area contributed by atoms with Crippen molar-refractivity contribution in [3.05, 3.63) is 203 Å². The molecule has 71 heavy (non-hydrogen) atoms. The molecule has 0 fully saturated rings. The molecular formula is C59H38N8O4. The third-order valence-electron chi connectivity index (χ3n) is 12.5. The minimum Gasteiger partial charge on any atom is -0.385 e. The number of benzene rings is 3. The predicted octanol–water partition coefficient (Wildman–Crippen LogP) is 13.5. The molecule has 12 nitrogen and oxygen atoms in total.